The van der Waals surface area contributed by atoms with Crippen molar-refractivity contribution in [3.05, 3.63) is 63.9 Å². The summed E-state index contributed by atoms with van der Waals surface area (Å²) in [5, 5.41) is 0.485. The molecule has 0 radical (unpaired) electrons. The Labute approximate surface area is 121 Å². The van der Waals surface area contributed by atoms with Crippen LogP contribution in [0.5, 0.6) is 0 Å². The van der Waals surface area contributed by atoms with Crippen LogP contribution < -0.4 is 0 Å². The summed E-state index contributed by atoms with van der Waals surface area (Å²) in [6.45, 7) is 0. The monoisotopic (exact) mass is 293 g/mol. The minimum atomic E-state index is -0.777. The van der Waals surface area contributed by atoms with Crippen LogP contribution in [0.4, 0.5) is 8.78 Å². The van der Waals surface area contributed by atoms with Gasteiger partial charge >= 0.3 is 0 Å². The second-order valence-corrected chi connectivity index (χ2v) is 5.56. The van der Waals surface area contributed by atoms with E-state index in [1.54, 1.807) is 18.2 Å². The fourth-order valence-electron chi connectivity index (χ4n) is 2.89. The fraction of sp³-hybridized carbons (Fsp3) is 0.312. The van der Waals surface area contributed by atoms with Gasteiger partial charge in [-0.1, -0.05) is 29.8 Å². The van der Waals surface area contributed by atoms with Gasteiger partial charge < -0.3 is 0 Å². The summed E-state index contributed by atoms with van der Waals surface area (Å²) in [6.07, 6.45) is 3.25. The van der Waals surface area contributed by atoms with Gasteiger partial charge in [0.25, 0.3) is 0 Å². The summed E-state index contributed by atoms with van der Waals surface area (Å²) >= 11 is 5.91. The number of fused-ring (bicyclic) bond motifs is 1. The van der Waals surface area contributed by atoms with Crippen molar-refractivity contribution in [2.24, 2.45) is 0 Å². The summed E-state index contributed by atoms with van der Waals surface area (Å²) in [4.78, 5) is 4.34. The first-order valence-electron chi connectivity index (χ1n) is 6.73. The van der Waals surface area contributed by atoms with Gasteiger partial charge in [-0.05, 0) is 54.9 Å². The highest BCUT2D eigenvalue weighted by Gasteiger charge is 2.22. The van der Waals surface area contributed by atoms with Crippen LogP contribution in [0.1, 0.15) is 35.6 Å². The normalized spacial score (nSPS) is 18.4. The van der Waals surface area contributed by atoms with Crippen LogP contribution in [-0.4, -0.2) is 4.98 Å². The van der Waals surface area contributed by atoms with Crippen molar-refractivity contribution in [1.82, 2.24) is 4.98 Å². The number of rotatable bonds is 1. The number of pyridine rings is 1. The fourth-order valence-corrected chi connectivity index (χ4v) is 3.06. The predicted octanol–water partition coefficient (Wildman–Crippen LogP) is 4.68. The Morgan fingerprint density at radius 3 is 2.85 bits per heavy atom. The molecule has 1 heterocycles. The minimum Gasteiger partial charge on any atom is -0.241 e. The highest BCUT2D eigenvalue weighted by molar-refractivity contribution is 6.29. The largest absolute Gasteiger partial charge is 0.241 e. The zero-order valence-corrected chi connectivity index (χ0v) is 11.6. The summed E-state index contributed by atoms with van der Waals surface area (Å²) in [7, 11) is 0. The van der Waals surface area contributed by atoms with Crippen molar-refractivity contribution in [2.75, 3.05) is 0 Å². The molecule has 20 heavy (non-hydrogen) atoms. The molecule has 0 aliphatic heterocycles. The van der Waals surface area contributed by atoms with Crippen molar-refractivity contribution in [1.29, 1.82) is 0 Å². The number of nitrogens with zero attached hydrogens (tertiary/aromatic N) is 1. The molecule has 104 valence electrons. The lowest BCUT2D eigenvalue weighted by atomic mass is 9.90. The Balaban J connectivity index is 1.96. The Kier molecular flexibility index (Phi) is 3.70. The third-order valence-corrected chi connectivity index (χ3v) is 4.10. The number of aromatic nitrogens is 1. The molecule has 3 rings (SSSR count). The first-order chi connectivity index (χ1) is 9.65. The second-order valence-electron chi connectivity index (χ2n) is 5.18. The highest BCUT2D eigenvalue weighted by atomic mass is 35.5. The van der Waals surface area contributed by atoms with Crippen LogP contribution in [0.3, 0.4) is 0 Å². The molecule has 2 aromatic rings. The number of aryl methyl sites for hydroxylation is 1. The first-order valence-corrected chi connectivity index (χ1v) is 7.11. The summed E-state index contributed by atoms with van der Waals surface area (Å²) in [5.74, 6) is -1.50. The molecule has 0 fully saturated rings. The molecule has 0 bridgehead atoms. The maximum absolute atomic E-state index is 13.9. The molecule has 0 spiro atoms. The molecular weight excluding hydrogens is 280 g/mol. The van der Waals surface area contributed by atoms with E-state index in [9.17, 15) is 8.78 Å². The van der Waals surface area contributed by atoms with E-state index in [0.29, 0.717) is 17.1 Å². The zero-order chi connectivity index (χ0) is 14.1. The van der Waals surface area contributed by atoms with E-state index in [-0.39, 0.29) is 5.92 Å². The van der Waals surface area contributed by atoms with E-state index in [4.69, 9.17) is 11.6 Å². The van der Waals surface area contributed by atoms with Crippen LogP contribution in [0, 0.1) is 11.6 Å². The third kappa shape index (κ3) is 2.55. The second kappa shape index (κ2) is 5.49. The van der Waals surface area contributed by atoms with E-state index >= 15 is 0 Å². The van der Waals surface area contributed by atoms with Crippen molar-refractivity contribution < 1.29 is 8.78 Å². The first kappa shape index (κ1) is 13.5. The standard InChI is InChI=1S/C16H14ClF2N/c17-15-8-7-11-9-10(3-1-6-14(11)20-15)12-4-2-5-13(18)16(12)19/h2,4-5,7-8,10H,1,3,6,9H2/t10-/m0/s1. The molecule has 1 aliphatic carbocycles. The van der Waals surface area contributed by atoms with Gasteiger partial charge in [-0.25, -0.2) is 13.8 Å². The Morgan fingerprint density at radius 2 is 2.00 bits per heavy atom. The summed E-state index contributed by atoms with van der Waals surface area (Å²) < 4.78 is 27.3. The lowest BCUT2D eigenvalue weighted by Crippen LogP contribution is -2.06. The molecule has 1 atom stereocenters. The maximum atomic E-state index is 13.9. The average molecular weight is 294 g/mol. The van der Waals surface area contributed by atoms with Crippen LogP contribution in [0.25, 0.3) is 0 Å². The van der Waals surface area contributed by atoms with E-state index in [0.717, 1.165) is 36.6 Å². The van der Waals surface area contributed by atoms with Gasteiger partial charge in [-0.15, -0.1) is 0 Å². The van der Waals surface area contributed by atoms with Gasteiger partial charge in [0.1, 0.15) is 5.15 Å². The molecule has 4 heteroatoms. The van der Waals surface area contributed by atoms with Crippen molar-refractivity contribution in [3.8, 4) is 0 Å². The van der Waals surface area contributed by atoms with Crippen molar-refractivity contribution >= 4 is 11.6 Å². The number of halogens is 3. The van der Waals surface area contributed by atoms with Gasteiger partial charge in [0, 0.05) is 5.69 Å². The van der Waals surface area contributed by atoms with Gasteiger partial charge in [0.15, 0.2) is 11.6 Å². The van der Waals surface area contributed by atoms with Gasteiger partial charge in [0.05, 0.1) is 0 Å². The molecule has 0 amide bonds. The quantitative estimate of drug-likeness (QED) is 0.550. The van der Waals surface area contributed by atoms with E-state index < -0.39 is 11.6 Å². The molecule has 0 N–H and O–H groups in total. The smallest absolute Gasteiger partial charge is 0.162 e. The lowest BCUT2D eigenvalue weighted by Gasteiger charge is -2.16. The molecule has 1 aliphatic rings. The summed E-state index contributed by atoms with van der Waals surface area (Å²) in [5.41, 5.74) is 2.53. The SMILES string of the molecule is Fc1cccc([C@H]2CCCc3nc(Cl)ccc3C2)c1F. The van der Waals surface area contributed by atoms with E-state index in [2.05, 4.69) is 4.98 Å². The lowest BCUT2D eigenvalue weighted by molar-refractivity contribution is 0.479. The topological polar surface area (TPSA) is 12.9 Å². The summed E-state index contributed by atoms with van der Waals surface area (Å²) in [6, 6.07) is 8.10. The van der Waals surface area contributed by atoms with Gasteiger partial charge in [0.2, 0.25) is 0 Å². The van der Waals surface area contributed by atoms with Crippen LogP contribution in [0.15, 0.2) is 30.3 Å². The Bertz CT molecular complexity index is 642. The molecule has 0 saturated carbocycles. The maximum Gasteiger partial charge on any atom is 0.162 e. The van der Waals surface area contributed by atoms with E-state index in [1.165, 1.54) is 0 Å². The highest BCUT2D eigenvalue weighted by Crippen LogP contribution is 2.33. The Morgan fingerprint density at radius 1 is 1.15 bits per heavy atom. The molecule has 0 unspecified atom stereocenters. The zero-order valence-electron chi connectivity index (χ0n) is 10.9. The van der Waals surface area contributed by atoms with Crippen molar-refractivity contribution in [2.45, 2.75) is 31.6 Å². The number of benzene rings is 1. The van der Waals surface area contributed by atoms with Gasteiger partial charge in [-0.2, -0.15) is 0 Å². The van der Waals surface area contributed by atoms with Crippen LogP contribution in [-0.2, 0) is 12.8 Å². The van der Waals surface area contributed by atoms with Gasteiger partial charge in [-0.3, -0.25) is 0 Å². The van der Waals surface area contributed by atoms with E-state index in [1.807, 2.05) is 6.07 Å². The molecule has 1 nitrogen and oxygen atoms in total. The molecule has 0 saturated heterocycles. The van der Waals surface area contributed by atoms with Crippen molar-refractivity contribution in [3.63, 3.8) is 0 Å². The third-order valence-electron chi connectivity index (χ3n) is 3.89. The average Bonchev–Trinajstić information content (AvgIpc) is 2.63. The van der Waals surface area contributed by atoms with Crippen LogP contribution in [0.2, 0.25) is 5.15 Å². The Hall–Kier alpha value is -1.48. The number of hydrogen-bond acceptors (Lipinski definition) is 1. The molecule has 1 aromatic carbocycles. The number of hydrogen-bond donors (Lipinski definition) is 0. The van der Waals surface area contributed by atoms with Crippen LogP contribution >= 0.6 is 11.6 Å². The predicted molar refractivity (Wildman–Crippen MR) is 75.0 cm³/mol. The molecule has 1 aromatic heterocycles. The molecular formula is C16H14ClF2N. The minimum absolute atomic E-state index is 0.00470.